The van der Waals surface area contributed by atoms with Crippen molar-refractivity contribution in [3.05, 3.63) is 23.3 Å². The molecule has 0 saturated heterocycles. The van der Waals surface area contributed by atoms with Gasteiger partial charge in [-0.3, -0.25) is 0 Å². The second kappa shape index (κ2) is 3.60. The Morgan fingerprint density at radius 3 is 2.83 bits per heavy atom. The minimum absolute atomic E-state index is 0.103. The van der Waals surface area contributed by atoms with Crippen molar-refractivity contribution in [2.45, 2.75) is 24.4 Å². The second-order valence-corrected chi connectivity index (χ2v) is 5.31. The van der Waals surface area contributed by atoms with E-state index in [2.05, 4.69) is 17.0 Å². The van der Waals surface area contributed by atoms with Crippen LogP contribution < -0.4 is 20.6 Å². The summed E-state index contributed by atoms with van der Waals surface area (Å²) in [6.45, 7) is 1.63. The third-order valence-electron chi connectivity index (χ3n) is 4.14. The Bertz CT molecular complexity index is 499. The van der Waals surface area contributed by atoms with Gasteiger partial charge >= 0.3 is 0 Å². The fourth-order valence-corrected chi connectivity index (χ4v) is 2.92. The summed E-state index contributed by atoms with van der Waals surface area (Å²) in [6, 6.07) is 4.16. The molecule has 1 unspecified atom stereocenters. The number of fused-ring (bicyclic) bond motifs is 3. The Morgan fingerprint density at radius 1 is 1.33 bits per heavy atom. The molecule has 5 heteroatoms. The molecule has 2 heterocycles. The van der Waals surface area contributed by atoms with E-state index in [0.29, 0.717) is 0 Å². The molecular weight excluding hydrogens is 232 g/mol. The molecule has 2 N–H and O–H groups in total. The maximum atomic E-state index is 6.00. The Labute approximate surface area is 105 Å². The van der Waals surface area contributed by atoms with E-state index in [9.17, 15) is 0 Å². The first-order valence-electron chi connectivity index (χ1n) is 6.36. The zero-order chi connectivity index (χ0) is 12.2. The van der Waals surface area contributed by atoms with Gasteiger partial charge in [0.15, 0.2) is 11.5 Å². The highest BCUT2D eigenvalue weighted by Crippen LogP contribution is 2.55. The summed E-state index contributed by atoms with van der Waals surface area (Å²) in [4.78, 5) is 10.5. The lowest BCUT2D eigenvalue weighted by atomic mass is 9.86. The van der Waals surface area contributed by atoms with Gasteiger partial charge in [-0.05, 0) is 43.1 Å². The summed E-state index contributed by atoms with van der Waals surface area (Å²) in [5.41, 5.74) is 5.30. The summed E-state index contributed by atoms with van der Waals surface area (Å²) < 4.78 is 6.00. The van der Waals surface area contributed by atoms with Crippen molar-refractivity contribution in [2.24, 2.45) is 0 Å². The lowest BCUT2D eigenvalue weighted by Crippen LogP contribution is -2.31. The van der Waals surface area contributed by atoms with Crippen LogP contribution in [-0.4, -0.2) is 20.2 Å². The molecule has 3 aliphatic rings. The van der Waals surface area contributed by atoms with E-state index in [4.69, 9.17) is 14.4 Å². The number of rotatable bonds is 2. The third kappa shape index (κ3) is 1.38. The zero-order valence-electron chi connectivity index (χ0n) is 10.3. The predicted molar refractivity (Wildman–Crippen MR) is 64.4 cm³/mol. The van der Waals surface area contributed by atoms with Crippen LogP contribution in [0.2, 0.25) is 0 Å². The molecule has 1 aromatic rings. The average Bonchev–Trinajstić information content (AvgIpc) is 3.01. The summed E-state index contributed by atoms with van der Waals surface area (Å²) in [6.07, 6.45) is 2.52. The Hall–Kier alpha value is -1.30. The van der Waals surface area contributed by atoms with Crippen molar-refractivity contribution < 1.29 is 14.4 Å². The average molecular weight is 248 g/mol. The van der Waals surface area contributed by atoms with Gasteiger partial charge in [0.25, 0.3) is 0 Å². The molecule has 5 nitrogen and oxygen atoms in total. The van der Waals surface area contributed by atoms with Gasteiger partial charge in [-0.2, -0.15) is 0 Å². The molecule has 96 valence electrons. The van der Waals surface area contributed by atoms with Crippen LogP contribution in [0, 0.1) is 0 Å². The van der Waals surface area contributed by atoms with E-state index in [-0.39, 0.29) is 11.5 Å². The standard InChI is InChI=1S/C13H16N2O3/c1-14-6-12-8-4-10-11(18-15-17-10)5-9(8)13(2-3-13)7-16-12/h4-5,12,14-15H,2-3,6-7H2,1H3. The van der Waals surface area contributed by atoms with Crippen LogP contribution in [0.3, 0.4) is 0 Å². The first-order chi connectivity index (χ1) is 8.82. The lowest BCUT2D eigenvalue weighted by molar-refractivity contribution is 0.0225. The molecule has 1 saturated carbocycles. The normalized spacial score (nSPS) is 26.2. The summed E-state index contributed by atoms with van der Waals surface area (Å²) >= 11 is 0. The van der Waals surface area contributed by atoms with Crippen LogP contribution in [0.4, 0.5) is 0 Å². The number of hydrogen-bond acceptors (Lipinski definition) is 5. The van der Waals surface area contributed by atoms with E-state index in [0.717, 1.165) is 24.7 Å². The van der Waals surface area contributed by atoms with Crippen molar-refractivity contribution in [2.75, 3.05) is 20.2 Å². The van der Waals surface area contributed by atoms with Crippen molar-refractivity contribution in [3.63, 3.8) is 0 Å². The van der Waals surface area contributed by atoms with Gasteiger partial charge in [-0.15, -0.1) is 0 Å². The van der Waals surface area contributed by atoms with Crippen LogP contribution in [0.5, 0.6) is 11.5 Å². The molecule has 0 aromatic heterocycles. The van der Waals surface area contributed by atoms with E-state index in [1.54, 1.807) is 0 Å². The molecule has 1 atom stereocenters. The van der Waals surface area contributed by atoms with Gasteiger partial charge in [-0.25, -0.2) is 0 Å². The van der Waals surface area contributed by atoms with Gasteiger partial charge < -0.3 is 19.7 Å². The Morgan fingerprint density at radius 2 is 2.11 bits per heavy atom. The van der Waals surface area contributed by atoms with Crippen molar-refractivity contribution >= 4 is 0 Å². The van der Waals surface area contributed by atoms with Crippen LogP contribution in [0.1, 0.15) is 30.1 Å². The number of nitrogens with one attached hydrogen (secondary N) is 2. The highest BCUT2D eigenvalue weighted by atomic mass is 16.9. The molecule has 2 aliphatic heterocycles. The van der Waals surface area contributed by atoms with Gasteiger partial charge in [-0.1, -0.05) is 0 Å². The highest BCUT2D eigenvalue weighted by molar-refractivity contribution is 5.54. The topological polar surface area (TPSA) is 51.8 Å². The Kier molecular flexibility index (Phi) is 2.12. The molecule has 1 fully saturated rings. The number of likely N-dealkylation sites (N-methyl/N-ethyl adjacent to an activating group) is 1. The first kappa shape index (κ1) is 10.6. The number of ether oxygens (including phenoxy) is 1. The van der Waals surface area contributed by atoms with Crippen molar-refractivity contribution in [1.29, 1.82) is 0 Å². The summed E-state index contributed by atoms with van der Waals surface area (Å²) in [5.74, 6) is 1.53. The van der Waals surface area contributed by atoms with Crippen LogP contribution in [-0.2, 0) is 10.2 Å². The molecular formula is C13H16N2O3. The molecule has 4 rings (SSSR count). The zero-order valence-corrected chi connectivity index (χ0v) is 10.3. The van der Waals surface area contributed by atoms with Gasteiger partial charge in [0.1, 0.15) is 0 Å². The smallest absolute Gasteiger partial charge is 0.196 e. The van der Waals surface area contributed by atoms with Gasteiger partial charge in [0.05, 0.1) is 12.7 Å². The predicted octanol–water partition coefficient (Wildman–Crippen LogP) is 1.20. The van der Waals surface area contributed by atoms with Crippen LogP contribution >= 0.6 is 0 Å². The maximum Gasteiger partial charge on any atom is 0.196 e. The molecule has 18 heavy (non-hydrogen) atoms. The third-order valence-corrected chi connectivity index (χ3v) is 4.14. The fourth-order valence-electron chi connectivity index (χ4n) is 2.92. The van der Waals surface area contributed by atoms with Gasteiger partial charge in [0.2, 0.25) is 0 Å². The molecule has 1 aliphatic carbocycles. The van der Waals surface area contributed by atoms with E-state index in [1.165, 1.54) is 24.0 Å². The van der Waals surface area contributed by atoms with Gasteiger partial charge in [0, 0.05) is 17.6 Å². The van der Waals surface area contributed by atoms with Crippen molar-refractivity contribution in [1.82, 2.24) is 11.0 Å². The summed E-state index contributed by atoms with van der Waals surface area (Å²) in [5, 5.41) is 3.18. The summed E-state index contributed by atoms with van der Waals surface area (Å²) in [7, 11) is 1.94. The van der Waals surface area contributed by atoms with Crippen molar-refractivity contribution in [3.8, 4) is 11.5 Å². The number of benzene rings is 1. The second-order valence-electron chi connectivity index (χ2n) is 5.31. The molecule has 0 radical (unpaired) electrons. The SMILES string of the molecule is CNCC1OCC2(CC2)c2cc3c(cc21)ONO3. The quantitative estimate of drug-likeness (QED) is 0.823. The Balaban J connectivity index is 1.83. The minimum Gasteiger partial charge on any atom is -0.371 e. The van der Waals surface area contributed by atoms with E-state index < -0.39 is 0 Å². The molecule has 0 amide bonds. The van der Waals surface area contributed by atoms with Crippen LogP contribution in [0.15, 0.2) is 12.1 Å². The largest absolute Gasteiger partial charge is 0.371 e. The number of hydrogen-bond donors (Lipinski definition) is 2. The molecule has 1 spiro atoms. The fraction of sp³-hybridized carbons (Fsp3) is 0.538. The molecule has 1 aromatic carbocycles. The first-order valence-corrected chi connectivity index (χ1v) is 6.36. The minimum atomic E-state index is 0.103. The van der Waals surface area contributed by atoms with Crippen LogP contribution in [0.25, 0.3) is 0 Å². The van der Waals surface area contributed by atoms with E-state index in [1.807, 2.05) is 13.1 Å². The lowest BCUT2D eigenvalue weighted by Gasteiger charge is -2.32. The maximum absolute atomic E-state index is 6.00. The monoisotopic (exact) mass is 248 g/mol. The van der Waals surface area contributed by atoms with E-state index >= 15 is 0 Å². The molecule has 0 bridgehead atoms. The highest BCUT2D eigenvalue weighted by Gasteiger charge is 2.50.